The van der Waals surface area contributed by atoms with Crippen molar-refractivity contribution >= 4 is 22.7 Å². The van der Waals surface area contributed by atoms with Gasteiger partial charge >= 0.3 is 0 Å². The Labute approximate surface area is 200 Å². The molecule has 0 aliphatic carbocycles. The van der Waals surface area contributed by atoms with Gasteiger partial charge in [0, 0.05) is 32.4 Å². The first kappa shape index (κ1) is 23.8. The molecule has 1 aliphatic rings. The lowest BCUT2D eigenvalue weighted by Crippen LogP contribution is -2.34. The molecule has 0 radical (unpaired) electrons. The molecule has 0 amide bonds. The van der Waals surface area contributed by atoms with Crippen LogP contribution in [-0.4, -0.2) is 56.8 Å². The van der Waals surface area contributed by atoms with Gasteiger partial charge in [0.2, 0.25) is 0 Å². The van der Waals surface area contributed by atoms with Gasteiger partial charge in [-0.05, 0) is 50.8 Å². The molecular formula is C25H35N7O2. The van der Waals surface area contributed by atoms with E-state index in [0.717, 1.165) is 55.3 Å². The second-order valence-electron chi connectivity index (χ2n) is 8.61. The molecule has 0 atom stereocenters. The monoisotopic (exact) mass is 465 g/mol. The number of nitrogens with one attached hydrogen (secondary N) is 2. The Morgan fingerprint density at radius 2 is 2.00 bits per heavy atom. The van der Waals surface area contributed by atoms with E-state index in [-0.39, 0.29) is 5.56 Å². The van der Waals surface area contributed by atoms with Crippen LogP contribution in [0.25, 0.3) is 22.4 Å². The number of aromatic nitrogens is 4. The number of ether oxygens (including phenoxy) is 1. The number of rotatable bonds is 8. The summed E-state index contributed by atoms with van der Waals surface area (Å²) in [7, 11) is 1.78. The Bertz CT molecular complexity index is 1220. The third-order valence-corrected chi connectivity index (χ3v) is 5.92. The number of fused-ring (bicyclic) bond motifs is 1. The van der Waals surface area contributed by atoms with Crippen molar-refractivity contribution in [2.24, 2.45) is 12.0 Å². The minimum absolute atomic E-state index is 0.206. The average Bonchev–Trinajstić information content (AvgIpc) is 3.47. The summed E-state index contributed by atoms with van der Waals surface area (Å²) in [5.41, 5.74) is 3.38. The smallest absolute Gasteiger partial charge is 0.277 e. The molecule has 4 rings (SSSR count). The SMILES string of the molecule is CCCOc1ccc(NC(=NCC)N2CCCC2)cc1-c1nc2c(CCC)nn(C)c2c(=O)[nH]1. The normalized spacial score (nSPS) is 14.2. The molecule has 2 N–H and O–H groups in total. The van der Waals surface area contributed by atoms with Crippen molar-refractivity contribution in [3.63, 3.8) is 0 Å². The van der Waals surface area contributed by atoms with Crippen molar-refractivity contribution in [1.29, 1.82) is 0 Å². The van der Waals surface area contributed by atoms with E-state index in [9.17, 15) is 4.79 Å². The van der Waals surface area contributed by atoms with E-state index in [1.54, 1.807) is 11.7 Å². The summed E-state index contributed by atoms with van der Waals surface area (Å²) in [6.45, 7) is 9.49. The van der Waals surface area contributed by atoms with Crippen LogP contribution >= 0.6 is 0 Å². The number of H-pyrrole nitrogens is 1. The van der Waals surface area contributed by atoms with Gasteiger partial charge in [0.05, 0.1) is 17.9 Å². The summed E-state index contributed by atoms with van der Waals surface area (Å²) in [5, 5.41) is 8.02. The third kappa shape index (κ3) is 4.93. The number of aryl methyl sites for hydroxylation is 2. The molecule has 0 spiro atoms. The Kier molecular flexibility index (Phi) is 7.49. The van der Waals surface area contributed by atoms with Crippen LogP contribution in [-0.2, 0) is 13.5 Å². The second-order valence-corrected chi connectivity index (χ2v) is 8.61. The highest BCUT2D eigenvalue weighted by Crippen LogP contribution is 2.32. The fourth-order valence-corrected chi connectivity index (χ4v) is 4.34. The zero-order valence-corrected chi connectivity index (χ0v) is 20.6. The van der Waals surface area contributed by atoms with Gasteiger partial charge in [-0.15, -0.1) is 0 Å². The number of aliphatic imine (C=N–C) groups is 1. The number of hydrogen-bond donors (Lipinski definition) is 2. The number of aromatic amines is 1. The zero-order chi connectivity index (χ0) is 24.1. The summed E-state index contributed by atoms with van der Waals surface area (Å²) < 4.78 is 7.65. The first-order valence-corrected chi connectivity index (χ1v) is 12.3. The first-order chi connectivity index (χ1) is 16.5. The molecule has 0 unspecified atom stereocenters. The Hall–Kier alpha value is -3.36. The number of hydrogen-bond acceptors (Lipinski definition) is 5. The molecule has 9 heteroatoms. The van der Waals surface area contributed by atoms with E-state index >= 15 is 0 Å². The highest BCUT2D eigenvalue weighted by Gasteiger charge is 2.20. The van der Waals surface area contributed by atoms with E-state index < -0.39 is 0 Å². The molecule has 1 fully saturated rings. The lowest BCUT2D eigenvalue weighted by atomic mass is 10.1. The fourth-order valence-electron chi connectivity index (χ4n) is 4.34. The first-order valence-electron chi connectivity index (χ1n) is 12.3. The summed E-state index contributed by atoms with van der Waals surface area (Å²) in [5.74, 6) is 2.04. The van der Waals surface area contributed by atoms with Crippen LogP contribution in [0.5, 0.6) is 5.75 Å². The van der Waals surface area contributed by atoms with Gasteiger partial charge in [-0.25, -0.2) is 4.98 Å². The molecular weight excluding hydrogens is 430 g/mol. The Balaban J connectivity index is 1.79. The van der Waals surface area contributed by atoms with Gasteiger partial charge in [0.1, 0.15) is 17.1 Å². The number of benzene rings is 1. The van der Waals surface area contributed by atoms with Gasteiger partial charge in [0.25, 0.3) is 5.56 Å². The van der Waals surface area contributed by atoms with Gasteiger partial charge in [0.15, 0.2) is 11.5 Å². The van der Waals surface area contributed by atoms with E-state index in [0.29, 0.717) is 35.8 Å². The minimum atomic E-state index is -0.206. The third-order valence-electron chi connectivity index (χ3n) is 5.92. The largest absolute Gasteiger partial charge is 0.493 e. The lowest BCUT2D eigenvalue weighted by Gasteiger charge is -2.22. The number of likely N-dealkylation sites (tertiary alicyclic amines) is 1. The van der Waals surface area contributed by atoms with Crippen LogP contribution in [0.4, 0.5) is 5.69 Å². The fraction of sp³-hybridized carbons (Fsp3) is 0.520. The molecule has 3 aromatic rings. The molecule has 9 nitrogen and oxygen atoms in total. The average molecular weight is 466 g/mol. The van der Waals surface area contributed by atoms with Gasteiger partial charge in [-0.3, -0.25) is 14.5 Å². The van der Waals surface area contributed by atoms with Crippen molar-refractivity contribution in [1.82, 2.24) is 24.6 Å². The van der Waals surface area contributed by atoms with Crippen LogP contribution in [0, 0.1) is 0 Å². The van der Waals surface area contributed by atoms with E-state index in [4.69, 9.17) is 9.72 Å². The predicted molar refractivity (Wildman–Crippen MR) is 137 cm³/mol. The van der Waals surface area contributed by atoms with Crippen molar-refractivity contribution in [2.45, 2.75) is 52.9 Å². The van der Waals surface area contributed by atoms with Crippen molar-refractivity contribution in [2.75, 3.05) is 31.6 Å². The van der Waals surface area contributed by atoms with Crippen molar-refractivity contribution in [3.05, 3.63) is 34.2 Å². The van der Waals surface area contributed by atoms with Crippen LogP contribution < -0.4 is 15.6 Å². The van der Waals surface area contributed by atoms with Crippen LogP contribution in [0.1, 0.15) is 52.1 Å². The zero-order valence-electron chi connectivity index (χ0n) is 20.6. The minimum Gasteiger partial charge on any atom is -0.493 e. The highest BCUT2D eigenvalue weighted by molar-refractivity contribution is 5.94. The van der Waals surface area contributed by atoms with E-state index in [1.165, 1.54) is 12.8 Å². The van der Waals surface area contributed by atoms with Crippen LogP contribution in [0.2, 0.25) is 0 Å². The molecule has 0 bridgehead atoms. The maximum absolute atomic E-state index is 13.0. The number of anilines is 1. The molecule has 0 saturated carbocycles. The Morgan fingerprint density at radius 1 is 1.21 bits per heavy atom. The Morgan fingerprint density at radius 3 is 2.71 bits per heavy atom. The summed E-state index contributed by atoms with van der Waals surface area (Å²) >= 11 is 0. The van der Waals surface area contributed by atoms with Crippen LogP contribution in [0.3, 0.4) is 0 Å². The predicted octanol–water partition coefficient (Wildman–Crippen LogP) is 3.95. The molecule has 1 aromatic carbocycles. The van der Waals surface area contributed by atoms with Crippen molar-refractivity contribution in [3.8, 4) is 17.1 Å². The topological polar surface area (TPSA) is 100 Å². The maximum Gasteiger partial charge on any atom is 0.277 e. The van der Waals surface area contributed by atoms with E-state index in [2.05, 4.69) is 39.1 Å². The molecule has 3 heterocycles. The molecule has 182 valence electrons. The lowest BCUT2D eigenvalue weighted by molar-refractivity contribution is 0.318. The van der Waals surface area contributed by atoms with Gasteiger partial charge in [-0.1, -0.05) is 20.3 Å². The summed E-state index contributed by atoms with van der Waals surface area (Å²) in [6.07, 6.45) is 4.93. The second kappa shape index (κ2) is 10.7. The molecule has 1 saturated heterocycles. The summed E-state index contributed by atoms with van der Waals surface area (Å²) in [4.78, 5) is 27.8. The highest BCUT2D eigenvalue weighted by atomic mass is 16.5. The molecule has 1 aliphatic heterocycles. The van der Waals surface area contributed by atoms with Gasteiger partial charge in [-0.2, -0.15) is 5.10 Å². The standard InChI is InChI=1S/C25H35N7O2/c1-5-10-19-21-22(31(4)30-19)24(33)29-23(28-21)18-16-17(11-12-20(18)34-15-6-2)27-25(26-7-3)32-13-8-9-14-32/h11-12,16H,5-10,13-15H2,1-4H3,(H,26,27)(H,28,29,33). The van der Waals surface area contributed by atoms with E-state index in [1.807, 2.05) is 25.1 Å². The summed E-state index contributed by atoms with van der Waals surface area (Å²) in [6, 6.07) is 5.90. The molecule has 34 heavy (non-hydrogen) atoms. The number of guanidine groups is 1. The maximum atomic E-state index is 13.0. The van der Waals surface area contributed by atoms with Crippen LogP contribution in [0.15, 0.2) is 28.0 Å². The molecule has 2 aromatic heterocycles. The quantitative estimate of drug-likeness (QED) is 0.386. The number of nitrogens with zero attached hydrogens (tertiary/aromatic N) is 5. The van der Waals surface area contributed by atoms with Gasteiger partial charge < -0.3 is 19.9 Å². The van der Waals surface area contributed by atoms with Crippen molar-refractivity contribution < 1.29 is 4.74 Å².